The van der Waals surface area contributed by atoms with Crippen LogP contribution in [0.1, 0.15) is 25.8 Å². The first-order chi connectivity index (χ1) is 13.6. The third kappa shape index (κ3) is 4.82. The number of fused-ring (bicyclic) bond motifs is 1. The highest BCUT2D eigenvalue weighted by atomic mass is 16.5. The van der Waals surface area contributed by atoms with Gasteiger partial charge in [-0.2, -0.15) is 0 Å². The summed E-state index contributed by atoms with van der Waals surface area (Å²) in [4.78, 5) is 28.8. The number of amides is 1. The third-order valence-electron chi connectivity index (χ3n) is 3.94. The molecule has 0 aliphatic carbocycles. The van der Waals surface area contributed by atoms with Crippen LogP contribution >= 0.6 is 0 Å². The summed E-state index contributed by atoms with van der Waals surface area (Å²) in [7, 11) is 0. The van der Waals surface area contributed by atoms with E-state index >= 15 is 0 Å². The standard InChI is InChI=1S/C21H23N3O4/c1-3-11-28-18-9-5-14(12-19(18)27-4-2)6-10-20(25)22-15-7-8-16-17(13-15)24-21(26)23-16/h5-10,12-13H,3-4,11H2,1-2H3,(H,22,25)(H2,23,24,26)/b10-6+. The Labute approximate surface area is 162 Å². The number of imidazole rings is 1. The number of carbonyl (C=O) groups is 1. The molecule has 0 unspecified atom stereocenters. The van der Waals surface area contributed by atoms with Crippen molar-refractivity contribution in [1.82, 2.24) is 9.97 Å². The highest BCUT2D eigenvalue weighted by Gasteiger charge is 2.06. The molecule has 1 amide bonds. The zero-order valence-electron chi connectivity index (χ0n) is 15.9. The fourth-order valence-electron chi connectivity index (χ4n) is 2.69. The molecule has 1 heterocycles. The second-order valence-electron chi connectivity index (χ2n) is 6.15. The summed E-state index contributed by atoms with van der Waals surface area (Å²) in [5.41, 5.74) is 2.46. The summed E-state index contributed by atoms with van der Waals surface area (Å²) in [5.74, 6) is 1.07. The van der Waals surface area contributed by atoms with E-state index in [9.17, 15) is 9.59 Å². The molecular formula is C21H23N3O4. The number of ether oxygens (including phenoxy) is 2. The molecule has 0 aliphatic heterocycles. The van der Waals surface area contributed by atoms with Crippen LogP contribution in [0, 0.1) is 0 Å². The van der Waals surface area contributed by atoms with Gasteiger partial charge in [-0.05, 0) is 55.3 Å². The minimum atomic E-state index is -0.283. The van der Waals surface area contributed by atoms with Gasteiger partial charge >= 0.3 is 5.69 Å². The van der Waals surface area contributed by atoms with Gasteiger partial charge in [0.05, 0.1) is 24.2 Å². The number of hydrogen-bond acceptors (Lipinski definition) is 4. The SMILES string of the molecule is CCCOc1ccc(/C=C/C(=O)Nc2ccc3[nH]c(=O)[nH]c3c2)cc1OCC. The van der Waals surface area contributed by atoms with E-state index in [1.54, 1.807) is 24.3 Å². The smallest absolute Gasteiger partial charge is 0.323 e. The van der Waals surface area contributed by atoms with Crippen molar-refractivity contribution < 1.29 is 14.3 Å². The van der Waals surface area contributed by atoms with Crippen LogP contribution in [0.15, 0.2) is 47.3 Å². The second kappa shape index (κ2) is 8.94. The largest absolute Gasteiger partial charge is 0.490 e. The maximum atomic E-state index is 12.2. The van der Waals surface area contributed by atoms with Crippen LogP contribution in [0.25, 0.3) is 17.1 Å². The van der Waals surface area contributed by atoms with Gasteiger partial charge in [-0.3, -0.25) is 4.79 Å². The average molecular weight is 381 g/mol. The maximum Gasteiger partial charge on any atom is 0.323 e. The Morgan fingerprint density at radius 3 is 2.64 bits per heavy atom. The Kier molecular flexibility index (Phi) is 6.16. The molecule has 0 spiro atoms. The lowest BCUT2D eigenvalue weighted by atomic mass is 10.2. The van der Waals surface area contributed by atoms with E-state index in [0.29, 0.717) is 41.4 Å². The Morgan fingerprint density at radius 1 is 1.04 bits per heavy atom. The van der Waals surface area contributed by atoms with Gasteiger partial charge in [-0.15, -0.1) is 0 Å². The lowest BCUT2D eigenvalue weighted by Crippen LogP contribution is -2.07. The van der Waals surface area contributed by atoms with Crippen molar-refractivity contribution in [2.45, 2.75) is 20.3 Å². The predicted molar refractivity (Wildman–Crippen MR) is 110 cm³/mol. The molecule has 0 saturated carbocycles. The molecular weight excluding hydrogens is 358 g/mol. The Morgan fingerprint density at radius 2 is 1.86 bits per heavy atom. The van der Waals surface area contributed by atoms with Gasteiger partial charge in [0.1, 0.15) is 0 Å². The summed E-state index contributed by atoms with van der Waals surface area (Å²) in [6.07, 6.45) is 4.07. The topological polar surface area (TPSA) is 96.2 Å². The number of rotatable bonds is 8. The molecule has 1 aromatic heterocycles. The Hall–Kier alpha value is -3.48. The molecule has 0 atom stereocenters. The van der Waals surface area contributed by atoms with Gasteiger partial charge in [-0.25, -0.2) is 4.79 Å². The molecule has 3 aromatic rings. The number of nitrogens with one attached hydrogen (secondary N) is 3. The van der Waals surface area contributed by atoms with Crippen molar-refractivity contribution in [3.8, 4) is 11.5 Å². The van der Waals surface area contributed by atoms with E-state index < -0.39 is 0 Å². The van der Waals surface area contributed by atoms with Crippen LogP contribution in [0.3, 0.4) is 0 Å². The molecule has 3 N–H and O–H groups in total. The maximum absolute atomic E-state index is 12.2. The quantitative estimate of drug-likeness (QED) is 0.519. The van der Waals surface area contributed by atoms with E-state index in [4.69, 9.17) is 9.47 Å². The van der Waals surface area contributed by atoms with E-state index in [2.05, 4.69) is 15.3 Å². The van der Waals surface area contributed by atoms with Gasteiger partial charge < -0.3 is 24.8 Å². The van der Waals surface area contributed by atoms with Crippen molar-refractivity contribution >= 4 is 28.7 Å². The summed E-state index contributed by atoms with van der Waals surface area (Å²) < 4.78 is 11.3. The van der Waals surface area contributed by atoms with Crippen molar-refractivity contribution in [2.24, 2.45) is 0 Å². The van der Waals surface area contributed by atoms with Gasteiger partial charge in [0.25, 0.3) is 0 Å². The number of aromatic nitrogens is 2. The first-order valence-electron chi connectivity index (χ1n) is 9.19. The summed E-state index contributed by atoms with van der Waals surface area (Å²) in [5, 5.41) is 2.78. The molecule has 7 heteroatoms. The highest BCUT2D eigenvalue weighted by molar-refractivity contribution is 6.02. The fraction of sp³-hybridized carbons (Fsp3) is 0.238. The molecule has 7 nitrogen and oxygen atoms in total. The predicted octanol–water partition coefficient (Wildman–Crippen LogP) is 3.70. The zero-order valence-corrected chi connectivity index (χ0v) is 15.9. The van der Waals surface area contributed by atoms with Gasteiger partial charge in [0.15, 0.2) is 11.5 Å². The summed E-state index contributed by atoms with van der Waals surface area (Å²) in [6.45, 7) is 5.10. The number of benzene rings is 2. The minimum absolute atomic E-state index is 0.276. The highest BCUT2D eigenvalue weighted by Crippen LogP contribution is 2.29. The van der Waals surface area contributed by atoms with Crippen molar-refractivity contribution in [2.75, 3.05) is 18.5 Å². The van der Waals surface area contributed by atoms with Gasteiger partial charge in [-0.1, -0.05) is 13.0 Å². The zero-order chi connectivity index (χ0) is 19.9. The minimum Gasteiger partial charge on any atom is -0.490 e. The molecule has 3 rings (SSSR count). The van der Waals surface area contributed by atoms with Crippen molar-refractivity contribution in [3.05, 3.63) is 58.5 Å². The van der Waals surface area contributed by atoms with Crippen LogP contribution in [0.2, 0.25) is 0 Å². The number of hydrogen-bond donors (Lipinski definition) is 3. The van der Waals surface area contributed by atoms with Crippen molar-refractivity contribution in [1.29, 1.82) is 0 Å². The lowest BCUT2D eigenvalue weighted by Gasteiger charge is -2.12. The lowest BCUT2D eigenvalue weighted by molar-refractivity contribution is -0.111. The fourth-order valence-corrected chi connectivity index (χ4v) is 2.69. The first kappa shape index (κ1) is 19.3. The van der Waals surface area contributed by atoms with Crippen LogP contribution < -0.4 is 20.5 Å². The van der Waals surface area contributed by atoms with Crippen LogP contribution in [-0.2, 0) is 4.79 Å². The third-order valence-corrected chi connectivity index (χ3v) is 3.94. The number of carbonyl (C=O) groups excluding carboxylic acids is 1. The monoisotopic (exact) mass is 381 g/mol. The van der Waals surface area contributed by atoms with Gasteiger partial charge in [0.2, 0.25) is 5.91 Å². The summed E-state index contributed by atoms with van der Waals surface area (Å²) >= 11 is 0. The average Bonchev–Trinajstić information content (AvgIpc) is 3.05. The van der Waals surface area contributed by atoms with E-state index in [1.165, 1.54) is 6.08 Å². The van der Waals surface area contributed by atoms with Crippen LogP contribution in [0.4, 0.5) is 5.69 Å². The molecule has 0 radical (unpaired) electrons. The molecule has 146 valence electrons. The molecule has 0 fully saturated rings. The van der Waals surface area contributed by atoms with Crippen LogP contribution in [-0.4, -0.2) is 29.1 Å². The molecule has 0 aliphatic rings. The number of aromatic amines is 2. The second-order valence-corrected chi connectivity index (χ2v) is 6.15. The first-order valence-corrected chi connectivity index (χ1v) is 9.19. The molecule has 28 heavy (non-hydrogen) atoms. The Bertz CT molecular complexity index is 1050. The van der Waals surface area contributed by atoms with E-state index in [0.717, 1.165) is 12.0 Å². The molecule has 2 aromatic carbocycles. The number of H-pyrrole nitrogens is 2. The van der Waals surface area contributed by atoms with Gasteiger partial charge in [0, 0.05) is 11.8 Å². The van der Waals surface area contributed by atoms with Crippen LogP contribution in [0.5, 0.6) is 11.5 Å². The normalized spacial score (nSPS) is 11.1. The Balaban J connectivity index is 1.69. The molecule has 0 bridgehead atoms. The molecule has 0 saturated heterocycles. The number of anilines is 1. The summed E-state index contributed by atoms with van der Waals surface area (Å²) in [6, 6.07) is 10.7. The van der Waals surface area contributed by atoms with E-state index in [-0.39, 0.29) is 11.6 Å². The van der Waals surface area contributed by atoms with E-state index in [1.807, 2.05) is 32.0 Å². The van der Waals surface area contributed by atoms with Crippen molar-refractivity contribution in [3.63, 3.8) is 0 Å².